The highest BCUT2D eigenvalue weighted by atomic mass is 79.9. The lowest BCUT2D eigenvalue weighted by molar-refractivity contribution is 0.411. The van der Waals surface area contributed by atoms with Gasteiger partial charge in [-0.3, -0.25) is 0 Å². The topological polar surface area (TPSA) is 25.2 Å². The van der Waals surface area contributed by atoms with Gasteiger partial charge in [0.1, 0.15) is 11.3 Å². The molecule has 110 valence electrons. The summed E-state index contributed by atoms with van der Waals surface area (Å²) in [4.78, 5) is 1.41. The smallest absolute Gasteiger partial charge is 0.134 e. The van der Waals surface area contributed by atoms with Crippen LogP contribution in [0.3, 0.4) is 0 Å². The second kappa shape index (κ2) is 6.34. The van der Waals surface area contributed by atoms with E-state index in [0.717, 1.165) is 27.6 Å². The van der Waals surface area contributed by atoms with E-state index < -0.39 is 0 Å². The summed E-state index contributed by atoms with van der Waals surface area (Å²) in [6, 6.07) is 13.1. The Kier molecular flexibility index (Phi) is 4.48. The van der Waals surface area contributed by atoms with Crippen LogP contribution in [0.5, 0.6) is 0 Å². The minimum Gasteiger partial charge on any atom is -0.459 e. The summed E-state index contributed by atoms with van der Waals surface area (Å²) in [6.07, 6.45) is 1.05. The van der Waals surface area contributed by atoms with E-state index in [1.165, 1.54) is 4.88 Å². The second-order valence-electron chi connectivity index (χ2n) is 5.40. The largest absolute Gasteiger partial charge is 0.459 e. The van der Waals surface area contributed by atoms with Crippen LogP contribution in [0.2, 0.25) is 0 Å². The first-order valence-electron chi connectivity index (χ1n) is 7.09. The first-order chi connectivity index (χ1) is 10.1. The molecule has 0 amide bonds. The molecule has 1 N–H and O–H groups in total. The van der Waals surface area contributed by atoms with Gasteiger partial charge in [0.25, 0.3) is 0 Å². The van der Waals surface area contributed by atoms with Crippen LogP contribution in [0.25, 0.3) is 11.0 Å². The van der Waals surface area contributed by atoms with Gasteiger partial charge < -0.3 is 9.73 Å². The Morgan fingerprint density at radius 2 is 2.10 bits per heavy atom. The Morgan fingerprint density at radius 3 is 2.86 bits per heavy atom. The van der Waals surface area contributed by atoms with Gasteiger partial charge >= 0.3 is 0 Å². The molecule has 0 radical (unpaired) electrons. The highest BCUT2D eigenvalue weighted by molar-refractivity contribution is 9.10. The third-order valence-electron chi connectivity index (χ3n) is 3.55. The van der Waals surface area contributed by atoms with E-state index in [9.17, 15) is 0 Å². The molecule has 0 saturated carbocycles. The lowest BCUT2D eigenvalue weighted by Gasteiger charge is -2.17. The van der Waals surface area contributed by atoms with Gasteiger partial charge in [0.05, 0.1) is 6.04 Å². The van der Waals surface area contributed by atoms with Gasteiger partial charge in [-0.25, -0.2) is 0 Å². The molecule has 3 aromatic rings. The van der Waals surface area contributed by atoms with Crippen LogP contribution in [0, 0.1) is 0 Å². The van der Waals surface area contributed by atoms with E-state index in [2.05, 4.69) is 64.7 Å². The summed E-state index contributed by atoms with van der Waals surface area (Å²) in [5.41, 5.74) is 0.938. The molecule has 21 heavy (non-hydrogen) atoms. The van der Waals surface area contributed by atoms with Gasteiger partial charge in [-0.1, -0.05) is 22.0 Å². The van der Waals surface area contributed by atoms with Gasteiger partial charge in [0.15, 0.2) is 0 Å². The number of furan rings is 1. The lowest BCUT2D eigenvalue weighted by atomic mass is 10.1. The van der Waals surface area contributed by atoms with Crippen LogP contribution in [-0.4, -0.2) is 6.04 Å². The average molecular weight is 364 g/mol. The summed E-state index contributed by atoms with van der Waals surface area (Å²) in [5, 5.41) is 6.88. The van der Waals surface area contributed by atoms with Crippen molar-refractivity contribution in [2.45, 2.75) is 32.4 Å². The van der Waals surface area contributed by atoms with Crippen molar-refractivity contribution in [1.29, 1.82) is 0 Å². The van der Waals surface area contributed by atoms with Crippen molar-refractivity contribution in [3.63, 3.8) is 0 Å². The summed E-state index contributed by atoms with van der Waals surface area (Å²) in [6.45, 7) is 4.37. The zero-order chi connectivity index (χ0) is 14.8. The zero-order valence-corrected chi connectivity index (χ0v) is 14.5. The van der Waals surface area contributed by atoms with Crippen molar-refractivity contribution >= 4 is 38.2 Å². The van der Waals surface area contributed by atoms with Crippen molar-refractivity contribution in [3.05, 3.63) is 56.9 Å². The van der Waals surface area contributed by atoms with E-state index in [1.54, 1.807) is 0 Å². The zero-order valence-electron chi connectivity index (χ0n) is 12.1. The number of hydrogen-bond donors (Lipinski definition) is 1. The molecule has 2 atom stereocenters. The Balaban J connectivity index is 1.69. The van der Waals surface area contributed by atoms with Crippen LogP contribution in [0.15, 0.2) is 50.7 Å². The first kappa shape index (κ1) is 14.8. The molecular weight excluding hydrogens is 346 g/mol. The number of benzene rings is 1. The van der Waals surface area contributed by atoms with Crippen molar-refractivity contribution in [2.75, 3.05) is 0 Å². The van der Waals surface area contributed by atoms with Gasteiger partial charge in [-0.15, -0.1) is 11.3 Å². The number of halogens is 1. The maximum atomic E-state index is 5.94. The van der Waals surface area contributed by atoms with Crippen LogP contribution in [0.1, 0.15) is 30.5 Å². The van der Waals surface area contributed by atoms with Gasteiger partial charge in [0.2, 0.25) is 0 Å². The van der Waals surface area contributed by atoms with Crippen molar-refractivity contribution in [3.8, 4) is 0 Å². The number of hydrogen-bond acceptors (Lipinski definition) is 3. The Morgan fingerprint density at radius 1 is 1.24 bits per heavy atom. The van der Waals surface area contributed by atoms with Crippen molar-refractivity contribution in [2.24, 2.45) is 0 Å². The molecule has 0 aliphatic heterocycles. The van der Waals surface area contributed by atoms with Gasteiger partial charge in [-0.05, 0) is 56.0 Å². The van der Waals surface area contributed by atoms with E-state index in [0.29, 0.717) is 6.04 Å². The Hall–Kier alpha value is -1.10. The quantitative estimate of drug-likeness (QED) is 0.643. The molecule has 4 heteroatoms. The fourth-order valence-electron chi connectivity index (χ4n) is 2.55. The van der Waals surface area contributed by atoms with E-state index in [1.807, 2.05) is 23.5 Å². The predicted octanol–water partition coefficient (Wildman–Crippen LogP) is 5.54. The number of nitrogens with one attached hydrogen (secondary N) is 1. The molecule has 1 aromatic carbocycles. The van der Waals surface area contributed by atoms with Crippen LogP contribution >= 0.6 is 27.3 Å². The highest BCUT2D eigenvalue weighted by Crippen LogP contribution is 2.27. The minimum atomic E-state index is 0.200. The third kappa shape index (κ3) is 3.57. The molecule has 2 heterocycles. The van der Waals surface area contributed by atoms with E-state index >= 15 is 0 Å². The summed E-state index contributed by atoms with van der Waals surface area (Å²) >= 11 is 5.31. The maximum absolute atomic E-state index is 5.94. The minimum absolute atomic E-state index is 0.200. The standard InChI is InChI=1S/C17H18BrNOS/c1-11(8-15-4-3-7-21-15)19-12(2)17-10-13-9-14(18)5-6-16(13)20-17/h3-7,9-12,19H,8H2,1-2H3. The molecule has 0 aliphatic carbocycles. The Bertz CT molecular complexity index is 720. The molecule has 0 saturated heterocycles. The third-order valence-corrected chi connectivity index (χ3v) is 4.94. The second-order valence-corrected chi connectivity index (χ2v) is 7.35. The number of thiophene rings is 1. The molecule has 2 unspecified atom stereocenters. The molecule has 3 rings (SSSR count). The Labute approximate surface area is 137 Å². The normalized spacial score (nSPS) is 14.4. The molecule has 0 aliphatic rings. The molecule has 0 spiro atoms. The monoisotopic (exact) mass is 363 g/mol. The fourth-order valence-corrected chi connectivity index (χ4v) is 3.76. The summed E-state index contributed by atoms with van der Waals surface area (Å²) in [5.74, 6) is 0.987. The lowest BCUT2D eigenvalue weighted by Crippen LogP contribution is -2.30. The maximum Gasteiger partial charge on any atom is 0.134 e. The highest BCUT2D eigenvalue weighted by Gasteiger charge is 2.14. The van der Waals surface area contributed by atoms with Crippen LogP contribution < -0.4 is 5.32 Å². The molecule has 0 fully saturated rings. The summed E-state index contributed by atoms with van der Waals surface area (Å²) < 4.78 is 7.02. The predicted molar refractivity (Wildman–Crippen MR) is 92.9 cm³/mol. The van der Waals surface area contributed by atoms with Crippen molar-refractivity contribution in [1.82, 2.24) is 5.32 Å². The van der Waals surface area contributed by atoms with Gasteiger partial charge in [0, 0.05) is 20.8 Å². The first-order valence-corrected chi connectivity index (χ1v) is 8.76. The van der Waals surface area contributed by atoms with Crippen LogP contribution in [0.4, 0.5) is 0 Å². The number of fused-ring (bicyclic) bond motifs is 1. The fraction of sp³-hybridized carbons (Fsp3) is 0.294. The van der Waals surface area contributed by atoms with Crippen molar-refractivity contribution < 1.29 is 4.42 Å². The molecule has 0 bridgehead atoms. The molecule has 2 nitrogen and oxygen atoms in total. The molecular formula is C17H18BrNOS. The molecule has 2 aromatic heterocycles. The van der Waals surface area contributed by atoms with E-state index in [-0.39, 0.29) is 6.04 Å². The van der Waals surface area contributed by atoms with Crippen LogP contribution in [-0.2, 0) is 6.42 Å². The van der Waals surface area contributed by atoms with E-state index in [4.69, 9.17) is 4.42 Å². The number of rotatable bonds is 5. The summed E-state index contributed by atoms with van der Waals surface area (Å²) in [7, 11) is 0. The SMILES string of the molecule is CC(Cc1cccs1)NC(C)c1cc2cc(Br)ccc2o1. The van der Waals surface area contributed by atoms with Gasteiger partial charge in [-0.2, -0.15) is 0 Å². The average Bonchev–Trinajstić information content (AvgIpc) is 3.06.